The predicted octanol–water partition coefficient (Wildman–Crippen LogP) is 2.09. The highest BCUT2D eigenvalue weighted by Gasteiger charge is 2.38. The number of nitrogens with zero attached hydrogens (tertiary/aromatic N) is 5. The van der Waals surface area contributed by atoms with E-state index in [1.165, 1.54) is 11.0 Å². The summed E-state index contributed by atoms with van der Waals surface area (Å²) in [6.07, 6.45) is -3.49. The van der Waals surface area contributed by atoms with Crippen LogP contribution in [-0.4, -0.2) is 61.9 Å². The first-order chi connectivity index (χ1) is 14.6. The number of amides is 4. The molecule has 4 amide bonds. The van der Waals surface area contributed by atoms with Crippen LogP contribution in [-0.2, 0) is 15.8 Å². The van der Waals surface area contributed by atoms with Crippen molar-refractivity contribution >= 4 is 23.5 Å². The number of likely N-dealkylation sites (tertiary alicyclic amines) is 1. The highest BCUT2D eigenvalue weighted by atomic mass is 19.4. The minimum atomic E-state index is -4.62. The van der Waals surface area contributed by atoms with Gasteiger partial charge in [-0.15, -0.1) is 0 Å². The molecule has 0 aromatic carbocycles. The lowest BCUT2D eigenvalue weighted by Crippen LogP contribution is -2.42. The maximum atomic E-state index is 13.6. The van der Waals surface area contributed by atoms with Crippen LogP contribution in [0.2, 0.25) is 0 Å². The molecule has 2 aliphatic rings. The van der Waals surface area contributed by atoms with E-state index in [1.54, 1.807) is 13.8 Å². The number of hydrogen-bond acceptors (Lipinski definition) is 5. The molecule has 12 heteroatoms. The smallest absolute Gasteiger partial charge is 0.332 e. The molecule has 0 radical (unpaired) electrons. The van der Waals surface area contributed by atoms with Crippen molar-refractivity contribution in [1.29, 1.82) is 0 Å². The van der Waals surface area contributed by atoms with Crippen LogP contribution in [0.15, 0.2) is 12.1 Å². The largest absolute Gasteiger partial charge is 0.433 e. The minimum Gasteiger partial charge on any atom is -0.332 e. The Kier molecular flexibility index (Phi) is 5.10. The summed E-state index contributed by atoms with van der Waals surface area (Å²) in [6, 6.07) is 1.26. The molecular weight excluding hydrogens is 417 g/mol. The fraction of sp³-hybridized carbons (Fsp3) is 0.526. The van der Waals surface area contributed by atoms with Crippen molar-refractivity contribution < 1.29 is 27.6 Å². The lowest BCUT2D eigenvalue weighted by molar-refractivity contribution is -0.142. The number of hydrogen-bond donors (Lipinski definition) is 1. The predicted molar refractivity (Wildman–Crippen MR) is 101 cm³/mol. The molecule has 1 N–H and O–H groups in total. The highest BCUT2D eigenvalue weighted by Crippen LogP contribution is 2.35. The third kappa shape index (κ3) is 3.81. The van der Waals surface area contributed by atoms with E-state index in [-0.39, 0.29) is 18.1 Å². The van der Waals surface area contributed by atoms with Crippen LogP contribution in [0.5, 0.6) is 0 Å². The fourth-order valence-corrected chi connectivity index (χ4v) is 3.89. The van der Waals surface area contributed by atoms with E-state index in [9.17, 15) is 27.6 Å². The third-order valence-electron chi connectivity index (χ3n) is 5.49. The molecule has 0 saturated carbocycles. The maximum Gasteiger partial charge on any atom is 0.433 e. The summed E-state index contributed by atoms with van der Waals surface area (Å²) in [5.41, 5.74) is -0.282. The molecule has 1 atom stereocenters. The number of fused-ring (bicyclic) bond motifs is 1. The van der Waals surface area contributed by atoms with E-state index in [2.05, 4.69) is 15.4 Å². The molecule has 2 aromatic rings. The van der Waals surface area contributed by atoms with E-state index in [1.807, 2.05) is 0 Å². The highest BCUT2D eigenvalue weighted by molar-refractivity contribution is 6.04. The second-order valence-electron chi connectivity index (χ2n) is 7.94. The molecule has 4 heterocycles. The number of urea groups is 1. The van der Waals surface area contributed by atoms with Gasteiger partial charge in [0, 0.05) is 18.3 Å². The molecule has 0 bridgehead atoms. The standard InChI is InChI=1S/C19H21F3N6O3/c1-10(2)11-6-14(19(20,21)22)28-15(24-11)7-12(25-28)13-4-3-5-26(13)17(30)9-27-16(29)8-23-18(27)31/h6-7,10,13H,3-5,8-9H2,1-2H3,(H,23,31)/t13-/m1/s1. The number of aromatic nitrogens is 3. The number of carbonyl (C=O) groups is 3. The van der Waals surface area contributed by atoms with Crippen molar-refractivity contribution in [1.82, 2.24) is 29.7 Å². The Morgan fingerprint density at radius 3 is 2.65 bits per heavy atom. The monoisotopic (exact) mass is 438 g/mol. The summed E-state index contributed by atoms with van der Waals surface area (Å²) in [6.45, 7) is 3.29. The first-order valence-corrected chi connectivity index (χ1v) is 9.91. The second-order valence-corrected chi connectivity index (χ2v) is 7.94. The number of halogens is 3. The molecule has 0 aliphatic carbocycles. The van der Waals surface area contributed by atoms with Gasteiger partial charge < -0.3 is 10.2 Å². The Labute approximate surface area is 175 Å². The van der Waals surface area contributed by atoms with Gasteiger partial charge in [-0.2, -0.15) is 18.3 Å². The van der Waals surface area contributed by atoms with Gasteiger partial charge in [0.25, 0.3) is 5.91 Å². The van der Waals surface area contributed by atoms with E-state index < -0.39 is 42.3 Å². The molecule has 2 aliphatic heterocycles. The summed E-state index contributed by atoms with van der Waals surface area (Å²) >= 11 is 0. The molecule has 166 valence electrons. The van der Waals surface area contributed by atoms with Crippen LogP contribution in [0.25, 0.3) is 5.65 Å². The average Bonchev–Trinajstić information content (AvgIpc) is 3.40. The Hall–Kier alpha value is -3.18. The Balaban J connectivity index is 1.66. The van der Waals surface area contributed by atoms with Crippen LogP contribution < -0.4 is 5.32 Å². The number of carbonyl (C=O) groups excluding carboxylic acids is 3. The molecular formula is C19H21F3N6O3. The van der Waals surface area contributed by atoms with Crippen LogP contribution in [0, 0.1) is 0 Å². The van der Waals surface area contributed by atoms with Gasteiger partial charge in [-0.1, -0.05) is 13.8 Å². The van der Waals surface area contributed by atoms with Crippen molar-refractivity contribution in [3.63, 3.8) is 0 Å². The zero-order valence-electron chi connectivity index (χ0n) is 16.9. The normalized spacial score (nSPS) is 19.7. The van der Waals surface area contributed by atoms with Gasteiger partial charge in [0.15, 0.2) is 5.65 Å². The lowest BCUT2D eigenvalue weighted by Gasteiger charge is -2.25. The van der Waals surface area contributed by atoms with Crippen LogP contribution >= 0.6 is 0 Å². The number of imide groups is 1. The van der Waals surface area contributed by atoms with E-state index in [0.717, 1.165) is 15.5 Å². The first kappa shape index (κ1) is 21.1. The van der Waals surface area contributed by atoms with Gasteiger partial charge in [-0.05, 0) is 24.8 Å². The van der Waals surface area contributed by atoms with Crippen LogP contribution in [0.3, 0.4) is 0 Å². The number of nitrogens with one attached hydrogen (secondary N) is 1. The minimum absolute atomic E-state index is 0.0573. The van der Waals surface area contributed by atoms with Gasteiger partial charge in [-0.3, -0.25) is 14.5 Å². The van der Waals surface area contributed by atoms with Crippen molar-refractivity contribution in [3.05, 3.63) is 29.2 Å². The topological polar surface area (TPSA) is 99.9 Å². The summed E-state index contributed by atoms with van der Waals surface area (Å²) in [7, 11) is 0. The van der Waals surface area contributed by atoms with Crippen LogP contribution in [0.4, 0.5) is 18.0 Å². The van der Waals surface area contributed by atoms with Gasteiger partial charge >= 0.3 is 12.2 Å². The zero-order chi connectivity index (χ0) is 22.5. The quantitative estimate of drug-likeness (QED) is 0.737. The van der Waals surface area contributed by atoms with Gasteiger partial charge in [-0.25, -0.2) is 14.3 Å². The Bertz CT molecular complexity index is 1050. The summed E-state index contributed by atoms with van der Waals surface area (Å²) in [5, 5.41) is 6.48. The van der Waals surface area contributed by atoms with Gasteiger partial charge in [0.05, 0.1) is 18.3 Å². The third-order valence-corrected chi connectivity index (χ3v) is 5.49. The maximum absolute atomic E-state index is 13.6. The van der Waals surface area contributed by atoms with Crippen molar-refractivity contribution in [2.24, 2.45) is 0 Å². The van der Waals surface area contributed by atoms with Gasteiger partial charge in [0.1, 0.15) is 12.2 Å². The Morgan fingerprint density at radius 1 is 1.29 bits per heavy atom. The summed E-state index contributed by atoms with van der Waals surface area (Å²) in [4.78, 5) is 42.9. The van der Waals surface area contributed by atoms with Crippen molar-refractivity contribution in [3.8, 4) is 0 Å². The molecule has 0 spiro atoms. The van der Waals surface area contributed by atoms with E-state index >= 15 is 0 Å². The molecule has 2 aromatic heterocycles. The molecule has 9 nitrogen and oxygen atoms in total. The molecule has 4 rings (SSSR count). The second kappa shape index (κ2) is 7.50. The van der Waals surface area contributed by atoms with Gasteiger partial charge in [0.2, 0.25) is 5.91 Å². The van der Waals surface area contributed by atoms with Crippen LogP contribution in [0.1, 0.15) is 55.7 Å². The van der Waals surface area contributed by atoms with E-state index in [0.29, 0.717) is 30.8 Å². The molecule has 2 saturated heterocycles. The number of alkyl halides is 3. The molecule has 31 heavy (non-hydrogen) atoms. The van der Waals surface area contributed by atoms with Crippen molar-refractivity contribution in [2.75, 3.05) is 19.6 Å². The zero-order valence-corrected chi connectivity index (χ0v) is 16.9. The van der Waals surface area contributed by atoms with E-state index in [4.69, 9.17) is 0 Å². The first-order valence-electron chi connectivity index (χ1n) is 9.91. The molecule has 2 fully saturated rings. The SMILES string of the molecule is CC(C)c1cc(C(F)(F)F)n2nc([C@H]3CCCN3C(=O)CN3C(=O)CNC3=O)cc2n1. The lowest BCUT2D eigenvalue weighted by atomic mass is 10.1. The fourth-order valence-electron chi connectivity index (χ4n) is 3.89. The summed E-state index contributed by atoms with van der Waals surface area (Å²) in [5.74, 6) is -1.17. The summed E-state index contributed by atoms with van der Waals surface area (Å²) < 4.78 is 41.6. The van der Waals surface area contributed by atoms with Crippen molar-refractivity contribution in [2.45, 2.75) is 44.8 Å². The average molecular weight is 438 g/mol. The molecule has 0 unspecified atom stereocenters. The number of rotatable bonds is 4. The Morgan fingerprint density at radius 2 is 2.03 bits per heavy atom.